The Morgan fingerprint density at radius 2 is 1.35 bits per heavy atom. The maximum Gasteiger partial charge on any atom is 0.132 e. The van der Waals surface area contributed by atoms with Gasteiger partial charge in [-0.25, -0.2) is 0 Å². The number of rotatable bonds is 6. The van der Waals surface area contributed by atoms with Crippen molar-refractivity contribution in [2.24, 2.45) is 0 Å². The van der Waals surface area contributed by atoms with Gasteiger partial charge in [0.25, 0.3) is 0 Å². The van der Waals surface area contributed by atoms with Gasteiger partial charge in [0.15, 0.2) is 0 Å². The molecule has 0 aliphatic carbocycles. The SMILES string of the molecule is CCc1ccc(C(C)CCc2ccc([N+](C)(C)C)cc2)cc1.[Cl-]. The molecule has 0 fully saturated rings. The van der Waals surface area contributed by atoms with Crippen molar-refractivity contribution in [3.8, 4) is 0 Å². The minimum absolute atomic E-state index is 0. The molecule has 0 bridgehead atoms. The van der Waals surface area contributed by atoms with Gasteiger partial charge in [0.05, 0.1) is 21.1 Å². The van der Waals surface area contributed by atoms with Crippen LogP contribution in [0.3, 0.4) is 0 Å². The summed E-state index contributed by atoms with van der Waals surface area (Å²) in [7, 11) is 6.62. The highest BCUT2D eigenvalue weighted by Gasteiger charge is 2.11. The summed E-state index contributed by atoms with van der Waals surface area (Å²) in [6.07, 6.45) is 3.47. The van der Waals surface area contributed by atoms with Gasteiger partial charge in [-0.05, 0) is 54.0 Å². The molecule has 0 saturated carbocycles. The third-order valence-electron chi connectivity index (χ3n) is 4.53. The van der Waals surface area contributed by atoms with Crippen molar-refractivity contribution < 1.29 is 12.4 Å². The number of aryl methyl sites for hydroxylation is 2. The lowest BCUT2D eigenvalue weighted by molar-refractivity contribution is -0.00000491. The van der Waals surface area contributed by atoms with Gasteiger partial charge in [0.1, 0.15) is 5.69 Å². The molecule has 126 valence electrons. The normalized spacial score (nSPS) is 12.6. The van der Waals surface area contributed by atoms with Gasteiger partial charge in [-0.15, -0.1) is 0 Å². The van der Waals surface area contributed by atoms with Crippen LogP contribution in [0.1, 0.15) is 42.9 Å². The average Bonchev–Trinajstić information content (AvgIpc) is 2.52. The maximum atomic E-state index is 2.33. The monoisotopic (exact) mass is 331 g/mol. The molecular formula is C21H30ClN. The Bertz CT molecular complexity index is 579. The molecule has 0 spiro atoms. The molecule has 1 nitrogen and oxygen atoms in total. The Labute approximate surface area is 148 Å². The fraction of sp³-hybridized carbons (Fsp3) is 0.429. The predicted octanol–water partition coefficient (Wildman–Crippen LogP) is 2.19. The highest BCUT2D eigenvalue weighted by atomic mass is 35.5. The van der Waals surface area contributed by atoms with Gasteiger partial charge in [0.2, 0.25) is 0 Å². The largest absolute Gasteiger partial charge is 1.00 e. The number of benzene rings is 2. The van der Waals surface area contributed by atoms with Gasteiger partial charge >= 0.3 is 0 Å². The highest BCUT2D eigenvalue weighted by Crippen LogP contribution is 2.23. The second kappa shape index (κ2) is 8.52. The molecule has 1 atom stereocenters. The van der Waals surface area contributed by atoms with E-state index in [-0.39, 0.29) is 12.4 Å². The molecule has 2 aromatic rings. The van der Waals surface area contributed by atoms with E-state index in [1.54, 1.807) is 0 Å². The van der Waals surface area contributed by atoms with Crippen molar-refractivity contribution >= 4 is 5.69 Å². The Balaban J connectivity index is 0.00000264. The van der Waals surface area contributed by atoms with E-state index in [0.29, 0.717) is 5.92 Å². The molecule has 0 amide bonds. The summed E-state index contributed by atoms with van der Waals surface area (Å²) >= 11 is 0. The summed E-state index contributed by atoms with van der Waals surface area (Å²) in [5, 5.41) is 0. The molecule has 0 aliphatic rings. The Morgan fingerprint density at radius 1 is 0.826 bits per heavy atom. The topological polar surface area (TPSA) is 0 Å². The zero-order valence-corrected chi connectivity index (χ0v) is 15.9. The molecule has 2 heteroatoms. The Hall–Kier alpha value is -1.31. The van der Waals surface area contributed by atoms with Crippen LogP contribution < -0.4 is 16.9 Å². The third-order valence-corrected chi connectivity index (χ3v) is 4.53. The van der Waals surface area contributed by atoms with Crippen LogP contribution in [0.4, 0.5) is 5.69 Å². The molecule has 2 rings (SSSR count). The van der Waals surface area contributed by atoms with Crippen molar-refractivity contribution in [2.45, 2.75) is 39.0 Å². The van der Waals surface area contributed by atoms with Crippen LogP contribution in [-0.4, -0.2) is 21.1 Å². The standard InChI is InChI=1S/C21H30N.ClH/c1-6-18-9-13-20(14-10-18)17(2)7-8-19-11-15-21(16-12-19)22(3,4)5;/h9-17H,6-8H2,1-5H3;1H/q+1;/p-1. The number of nitrogens with zero attached hydrogens (tertiary/aromatic N) is 1. The molecule has 2 aromatic carbocycles. The first kappa shape index (κ1) is 19.7. The molecule has 0 aliphatic heterocycles. The molecule has 0 radical (unpaired) electrons. The van der Waals surface area contributed by atoms with Crippen molar-refractivity contribution in [3.05, 3.63) is 65.2 Å². The Morgan fingerprint density at radius 3 is 1.83 bits per heavy atom. The minimum Gasteiger partial charge on any atom is -1.00 e. The maximum absolute atomic E-state index is 2.33. The van der Waals surface area contributed by atoms with E-state index >= 15 is 0 Å². The van der Waals surface area contributed by atoms with Crippen LogP contribution in [0.2, 0.25) is 0 Å². The van der Waals surface area contributed by atoms with Crippen LogP contribution in [0.15, 0.2) is 48.5 Å². The fourth-order valence-electron chi connectivity index (χ4n) is 2.74. The van der Waals surface area contributed by atoms with E-state index in [4.69, 9.17) is 0 Å². The van der Waals surface area contributed by atoms with Crippen molar-refractivity contribution in [2.75, 3.05) is 21.1 Å². The molecule has 0 aromatic heterocycles. The van der Waals surface area contributed by atoms with E-state index in [2.05, 4.69) is 83.5 Å². The number of halogens is 1. The lowest BCUT2D eigenvalue weighted by Crippen LogP contribution is -3.00. The van der Waals surface area contributed by atoms with E-state index in [1.165, 1.54) is 28.8 Å². The molecule has 0 saturated heterocycles. The summed E-state index contributed by atoms with van der Waals surface area (Å²) in [5.41, 5.74) is 5.67. The summed E-state index contributed by atoms with van der Waals surface area (Å²) in [6, 6.07) is 18.2. The first-order chi connectivity index (χ1) is 10.4. The molecule has 0 heterocycles. The van der Waals surface area contributed by atoms with E-state index in [1.807, 2.05) is 0 Å². The van der Waals surface area contributed by atoms with Crippen LogP contribution in [0.5, 0.6) is 0 Å². The van der Waals surface area contributed by atoms with Gasteiger partial charge in [-0.1, -0.05) is 50.2 Å². The molecule has 23 heavy (non-hydrogen) atoms. The Kier molecular flexibility index (Phi) is 7.31. The lowest BCUT2D eigenvalue weighted by Gasteiger charge is -2.23. The zero-order chi connectivity index (χ0) is 16.2. The van der Waals surface area contributed by atoms with E-state index < -0.39 is 0 Å². The quantitative estimate of drug-likeness (QED) is 0.712. The average molecular weight is 332 g/mol. The van der Waals surface area contributed by atoms with Crippen LogP contribution in [0, 0.1) is 0 Å². The lowest BCUT2D eigenvalue weighted by atomic mass is 9.93. The van der Waals surface area contributed by atoms with Crippen molar-refractivity contribution in [1.82, 2.24) is 4.48 Å². The second-order valence-corrected chi connectivity index (χ2v) is 7.21. The summed E-state index contributed by atoms with van der Waals surface area (Å²) in [4.78, 5) is 0. The van der Waals surface area contributed by atoms with Gasteiger partial charge < -0.3 is 12.4 Å². The molecule has 1 unspecified atom stereocenters. The fourth-order valence-corrected chi connectivity index (χ4v) is 2.74. The number of hydrogen-bond acceptors (Lipinski definition) is 0. The van der Waals surface area contributed by atoms with Gasteiger partial charge in [-0.3, -0.25) is 4.48 Å². The summed E-state index contributed by atoms with van der Waals surface area (Å²) < 4.78 is 0.875. The van der Waals surface area contributed by atoms with E-state index in [9.17, 15) is 0 Å². The second-order valence-electron chi connectivity index (χ2n) is 7.21. The number of quaternary nitrogens is 1. The predicted molar refractivity (Wildman–Crippen MR) is 98.6 cm³/mol. The minimum atomic E-state index is 0. The van der Waals surface area contributed by atoms with Crippen LogP contribution in [0.25, 0.3) is 0 Å². The van der Waals surface area contributed by atoms with Crippen molar-refractivity contribution in [1.29, 1.82) is 0 Å². The number of hydrogen-bond donors (Lipinski definition) is 0. The van der Waals surface area contributed by atoms with Crippen molar-refractivity contribution in [3.63, 3.8) is 0 Å². The molecular weight excluding hydrogens is 302 g/mol. The van der Waals surface area contributed by atoms with Crippen LogP contribution in [-0.2, 0) is 12.8 Å². The van der Waals surface area contributed by atoms with Crippen LogP contribution >= 0.6 is 0 Å². The molecule has 0 N–H and O–H groups in total. The summed E-state index contributed by atoms with van der Waals surface area (Å²) in [5.74, 6) is 0.615. The zero-order valence-electron chi connectivity index (χ0n) is 15.1. The van der Waals surface area contributed by atoms with Gasteiger partial charge in [0, 0.05) is 0 Å². The van der Waals surface area contributed by atoms with E-state index in [0.717, 1.165) is 17.3 Å². The summed E-state index contributed by atoms with van der Waals surface area (Å²) in [6.45, 7) is 4.54. The first-order valence-corrected chi connectivity index (χ1v) is 8.40. The third kappa shape index (κ3) is 5.67. The smallest absolute Gasteiger partial charge is 0.132 e. The highest BCUT2D eigenvalue weighted by molar-refractivity contribution is 5.42. The van der Waals surface area contributed by atoms with Gasteiger partial charge in [-0.2, -0.15) is 0 Å². The first-order valence-electron chi connectivity index (χ1n) is 8.40.